The van der Waals surface area contributed by atoms with Crippen LogP contribution < -0.4 is 5.73 Å². The van der Waals surface area contributed by atoms with Crippen LogP contribution in [0.1, 0.15) is 15.9 Å². The second-order valence-corrected chi connectivity index (χ2v) is 7.17. The first-order chi connectivity index (χ1) is 8.40. The zero-order valence-electron chi connectivity index (χ0n) is 8.64. The van der Waals surface area contributed by atoms with Gasteiger partial charge in [0.2, 0.25) is 0 Å². The molecule has 2 rings (SSSR count). The van der Waals surface area contributed by atoms with Gasteiger partial charge in [-0.15, -0.1) is 11.3 Å². The Morgan fingerprint density at radius 2 is 1.72 bits per heavy atom. The zero-order chi connectivity index (χ0) is 13.4. The number of benzene rings is 1. The first-order valence-corrected chi connectivity index (χ1v) is 7.04. The molecule has 0 aliphatic carbocycles. The van der Waals surface area contributed by atoms with Crippen molar-refractivity contribution >= 4 is 54.7 Å². The first kappa shape index (κ1) is 13.6. The molecular formula is C11H5Br2F2NOS. The zero-order valence-corrected chi connectivity index (χ0v) is 12.6. The largest absolute Gasteiger partial charge is 0.398 e. The molecule has 2 aromatic rings. The molecule has 0 radical (unpaired) electrons. The number of rotatable bonds is 2. The topological polar surface area (TPSA) is 43.1 Å². The molecule has 1 aromatic heterocycles. The quantitative estimate of drug-likeness (QED) is 0.605. The Bertz CT molecular complexity index is 642. The van der Waals surface area contributed by atoms with E-state index in [2.05, 4.69) is 31.9 Å². The molecule has 0 spiro atoms. The van der Waals surface area contributed by atoms with Crippen molar-refractivity contribution < 1.29 is 13.6 Å². The summed E-state index contributed by atoms with van der Waals surface area (Å²) >= 11 is 7.78. The van der Waals surface area contributed by atoms with Gasteiger partial charge in [0.1, 0.15) is 0 Å². The van der Waals surface area contributed by atoms with E-state index < -0.39 is 17.4 Å². The van der Waals surface area contributed by atoms with Gasteiger partial charge in [0.25, 0.3) is 0 Å². The van der Waals surface area contributed by atoms with Crippen LogP contribution in [0.15, 0.2) is 25.8 Å². The van der Waals surface area contributed by atoms with Crippen LogP contribution in [0.3, 0.4) is 0 Å². The maximum Gasteiger partial charge on any atom is 0.197 e. The monoisotopic (exact) mass is 395 g/mol. The second kappa shape index (κ2) is 5.07. The van der Waals surface area contributed by atoms with Crippen molar-refractivity contribution in [1.82, 2.24) is 0 Å². The van der Waals surface area contributed by atoms with Gasteiger partial charge in [-0.3, -0.25) is 4.79 Å². The highest BCUT2D eigenvalue weighted by molar-refractivity contribution is 9.12. The van der Waals surface area contributed by atoms with Crippen LogP contribution >= 0.6 is 43.2 Å². The molecule has 0 unspecified atom stereocenters. The van der Waals surface area contributed by atoms with Crippen LogP contribution in [-0.2, 0) is 0 Å². The van der Waals surface area contributed by atoms with E-state index in [9.17, 15) is 13.6 Å². The van der Waals surface area contributed by atoms with Crippen molar-refractivity contribution in [3.05, 3.63) is 48.5 Å². The van der Waals surface area contributed by atoms with Crippen LogP contribution in [0.2, 0.25) is 0 Å². The van der Waals surface area contributed by atoms with Crippen LogP contribution in [-0.4, -0.2) is 5.78 Å². The van der Waals surface area contributed by atoms with Gasteiger partial charge in [0, 0.05) is 22.9 Å². The average Bonchev–Trinajstić information content (AvgIpc) is 2.62. The summed E-state index contributed by atoms with van der Waals surface area (Å²) in [5, 5.41) is 0. The maximum atomic E-state index is 13.1. The lowest BCUT2D eigenvalue weighted by atomic mass is 10.0. The molecule has 2 nitrogen and oxygen atoms in total. The number of anilines is 1. The lowest BCUT2D eigenvalue weighted by Crippen LogP contribution is -2.06. The van der Waals surface area contributed by atoms with Gasteiger partial charge < -0.3 is 5.73 Å². The Hall–Kier alpha value is -0.790. The number of carbonyl (C=O) groups is 1. The predicted molar refractivity (Wildman–Crippen MR) is 73.9 cm³/mol. The Kier molecular flexibility index (Phi) is 3.84. The Morgan fingerprint density at radius 1 is 1.11 bits per heavy atom. The Balaban J connectivity index is 2.53. The molecule has 0 aliphatic heterocycles. The number of nitrogen functional groups attached to an aromatic ring is 1. The van der Waals surface area contributed by atoms with Crippen molar-refractivity contribution in [1.29, 1.82) is 0 Å². The molecule has 0 amide bonds. The van der Waals surface area contributed by atoms with E-state index in [0.717, 1.165) is 15.9 Å². The van der Waals surface area contributed by atoms with Crippen molar-refractivity contribution in [3.8, 4) is 0 Å². The third kappa shape index (κ3) is 2.48. The second-order valence-electron chi connectivity index (χ2n) is 3.42. The molecule has 94 valence electrons. The Labute approximate surface area is 122 Å². The van der Waals surface area contributed by atoms with Gasteiger partial charge in [-0.25, -0.2) is 8.78 Å². The maximum absolute atomic E-state index is 13.1. The van der Waals surface area contributed by atoms with E-state index in [1.54, 1.807) is 6.07 Å². The number of hydrogen-bond acceptors (Lipinski definition) is 3. The van der Waals surface area contributed by atoms with Gasteiger partial charge in [-0.1, -0.05) is 0 Å². The summed E-state index contributed by atoms with van der Waals surface area (Å²) < 4.78 is 27.4. The summed E-state index contributed by atoms with van der Waals surface area (Å²) in [6.07, 6.45) is 0. The summed E-state index contributed by atoms with van der Waals surface area (Å²) in [6, 6.07) is 3.21. The van der Waals surface area contributed by atoms with E-state index in [1.807, 2.05) is 0 Å². The molecular weight excluding hydrogens is 392 g/mol. The first-order valence-electron chi connectivity index (χ1n) is 4.64. The third-order valence-corrected chi connectivity index (χ3v) is 4.58. The molecule has 0 fully saturated rings. The summed E-state index contributed by atoms with van der Waals surface area (Å²) in [4.78, 5) is 12.2. The van der Waals surface area contributed by atoms with E-state index in [1.165, 1.54) is 11.3 Å². The third-order valence-electron chi connectivity index (χ3n) is 2.24. The highest BCUT2D eigenvalue weighted by atomic mass is 79.9. The molecule has 2 N–H and O–H groups in total. The molecule has 1 aromatic carbocycles. The SMILES string of the molecule is Nc1cc(F)c(F)cc1C(=O)c1cc(Br)sc1Br. The number of carbonyl (C=O) groups excluding carboxylic acids is 1. The van der Waals surface area contributed by atoms with E-state index >= 15 is 0 Å². The van der Waals surface area contributed by atoms with E-state index in [0.29, 0.717) is 9.35 Å². The smallest absolute Gasteiger partial charge is 0.197 e. The molecule has 0 bridgehead atoms. The fraction of sp³-hybridized carbons (Fsp3) is 0. The minimum absolute atomic E-state index is 0.0556. The molecule has 0 saturated carbocycles. The highest BCUT2D eigenvalue weighted by Gasteiger charge is 2.20. The lowest BCUT2D eigenvalue weighted by Gasteiger charge is -2.05. The molecule has 0 saturated heterocycles. The fourth-order valence-electron chi connectivity index (χ4n) is 1.40. The van der Waals surface area contributed by atoms with Crippen LogP contribution in [0.5, 0.6) is 0 Å². The fourth-order valence-corrected chi connectivity index (χ4v) is 4.19. The number of halogens is 4. The molecule has 18 heavy (non-hydrogen) atoms. The standard InChI is InChI=1S/C11H5Br2F2NOS/c12-9-2-5(11(13)18-9)10(17)4-1-6(14)7(15)3-8(4)16/h1-3H,16H2. The minimum atomic E-state index is -1.10. The van der Waals surface area contributed by atoms with Gasteiger partial charge >= 0.3 is 0 Å². The van der Waals surface area contributed by atoms with Gasteiger partial charge in [-0.05, 0) is 44.0 Å². The number of ketones is 1. The van der Waals surface area contributed by atoms with Crippen molar-refractivity contribution in [3.63, 3.8) is 0 Å². The predicted octanol–water partition coefficient (Wildman–Crippen LogP) is 4.36. The number of thiophene rings is 1. The van der Waals surface area contributed by atoms with Crippen LogP contribution in [0.4, 0.5) is 14.5 Å². The van der Waals surface area contributed by atoms with Crippen LogP contribution in [0.25, 0.3) is 0 Å². The minimum Gasteiger partial charge on any atom is -0.398 e. The summed E-state index contributed by atoms with van der Waals surface area (Å²) in [5.74, 6) is -2.63. The Morgan fingerprint density at radius 3 is 2.28 bits per heavy atom. The van der Waals surface area contributed by atoms with Crippen LogP contribution in [0, 0.1) is 11.6 Å². The number of nitrogens with two attached hydrogens (primary N) is 1. The highest BCUT2D eigenvalue weighted by Crippen LogP contribution is 2.34. The van der Waals surface area contributed by atoms with Crippen molar-refractivity contribution in [2.75, 3.05) is 5.73 Å². The summed E-state index contributed by atoms with van der Waals surface area (Å²) in [6.45, 7) is 0. The van der Waals surface area contributed by atoms with Gasteiger partial charge in [-0.2, -0.15) is 0 Å². The molecule has 1 heterocycles. The number of hydrogen-bond donors (Lipinski definition) is 1. The van der Waals surface area contributed by atoms with Gasteiger partial charge in [0.15, 0.2) is 17.4 Å². The van der Waals surface area contributed by atoms with Gasteiger partial charge in [0.05, 0.1) is 7.57 Å². The summed E-state index contributed by atoms with van der Waals surface area (Å²) in [7, 11) is 0. The van der Waals surface area contributed by atoms with E-state index in [4.69, 9.17) is 5.73 Å². The molecule has 7 heteroatoms. The van der Waals surface area contributed by atoms with Crippen molar-refractivity contribution in [2.45, 2.75) is 0 Å². The molecule has 0 atom stereocenters. The molecule has 0 aliphatic rings. The lowest BCUT2D eigenvalue weighted by molar-refractivity contribution is 0.103. The average molecular weight is 397 g/mol. The summed E-state index contributed by atoms with van der Waals surface area (Å²) in [5.41, 5.74) is 5.74. The van der Waals surface area contributed by atoms with E-state index in [-0.39, 0.29) is 11.3 Å². The normalized spacial score (nSPS) is 10.7. The van der Waals surface area contributed by atoms with Crippen molar-refractivity contribution in [2.24, 2.45) is 0 Å².